The van der Waals surface area contributed by atoms with Crippen LogP contribution in [0.25, 0.3) is 0 Å². The van der Waals surface area contributed by atoms with Gasteiger partial charge in [-0.05, 0) is 30.5 Å². The molecule has 172 valence electrons. The number of hydrogen-bond donors (Lipinski definition) is 7. The first-order valence-corrected chi connectivity index (χ1v) is 9.75. The maximum absolute atomic E-state index is 12.9. The fourth-order valence-electron chi connectivity index (χ4n) is 2.75. The average Bonchev–Trinajstić information content (AvgIpc) is 2.69. The van der Waals surface area contributed by atoms with Crippen LogP contribution in [0.3, 0.4) is 0 Å². The average molecular weight is 438 g/mol. The van der Waals surface area contributed by atoms with Crippen LogP contribution < -0.4 is 21.7 Å². The van der Waals surface area contributed by atoms with Crippen molar-refractivity contribution < 1.29 is 34.5 Å². The molecule has 0 heterocycles. The van der Waals surface area contributed by atoms with Crippen molar-refractivity contribution in [1.82, 2.24) is 16.0 Å². The van der Waals surface area contributed by atoms with E-state index in [-0.39, 0.29) is 18.7 Å². The number of nitrogens with two attached hydrogens (primary N) is 1. The van der Waals surface area contributed by atoms with Crippen molar-refractivity contribution in [1.29, 1.82) is 0 Å². The molecule has 0 bridgehead atoms. The zero-order valence-corrected chi connectivity index (χ0v) is 17.7. The Morgan fingerprint density at radius 3 is 1.94 bits per heavy atom. The quantitative estimate of drug-likeness (QED) is 0.216. The Balaban J connectivity index is 3.01. The molecule has 1 aromatic carbocycles. The summed E-state index contributed by atoms with van der Waals surface area (Å²) < 4.78 is 0. The van der Waals surface area contributed by atoms with Crippen LogP contribution in [0.4, 0.5) is 0 Å². The number of nitrogens with one attached hydrogen (secondary N) is 3. The summed E-state index contributed by atoms with van der Waals surface area (Å²) in [5, 5.41) is 35.4. The summed E-state index contributed by atoms with van der Waals surface area (Å²) in [5.74, 6) is -3.84. The first-order chi connectivity index (χ1) is 14.5. The highest BCUT2D eigenvalue weighted by atomic mass is 16.4. The molecule has 1 rings (SSSR count). The molecule has 11 heteroatoms. The van der Waals surface area contributed by atoms with E-state index in [9.17, 15) is 29.4 Å². The number of hydrogen-bond acceptors (Lipinski definition) is 7. The molecule has 4 unspecified atom stereocenters. The number of amides is 3. The first kappa shape index (κ1) is 25.9. The van der Waals surface area contributed by atoms with Gasteiger partial charge in [-0.3, -0.25) is 14.4 Å². The number of aliphatic hydroxyl groups is 1. The summed E-state index contributed by atoms with van der Waals surface area (Å²) in [6.45, 7) is 4.17. The molecule has 3 amide bonds. The highest BCUT2D eigenvalue weighted by Crippen LogP contribution is 2.12. The van der Waals surface area contributed by atoms with E-state index in [0.29, 0.717) is 5.56 Å². The minimum absolute atomic E-state index is 0.0402. The van der Waals surface area contributed by atoms with Crippen LogP contribution in [0.15, 0.2) is 24.3 Å². The fourth-order valence-corrected chi connectivity index (χ4v) is 2.75. The molecule has 1 aromatic rings. The molecule has 31 heavy (non-hydrogen) atoms. The van der Waals surface area contributed by atoms with Crippen molar-refractivity contribution in [2.45, 2.75) is 51.4 Å². The van der Waals surface area contributed by atoms with E-state index in [4.69, 9.17) is 10.8 Å². The van der Waals surface area contributed by atoms with Gasteiger partial charge in [0.15, 0.2) is 6.04 Å². The van der Waals surface area contributed by atoms with Crippen LogP contribution in [0.2, 0.25) is 0 Å². The highest BCUT2D eigenvalue weighted by molar-refractivity contribution is 5.94. The summed E-state index contributed by atoms with van der Waals surface area (Å²) in [5.41, 5.74) is 5.96. The van der Waals surface area contributed by atoms with Crippen LogP contribution >= 0.6 is 0 Å². The van der Waals surface area contributed by atoms with Crippen molar-refractivity contribution >= 4 is 23.7 Å². The summed E-state index contributed by atoms with van der Waals surface area (Å²) in [7, 11) is 0. The lowest BCUT2D eigenvalue weighted by Crippen LogP contribution is -2.59. The van der Waals surface area contributed by atoms with Crippen molar-refractivity contribution in [3.63, 3.8) is 0 Å². The number of carboxylic acids is 1. The normalized spacial score (nSPS) is 14.8. The number of carbonyl (C=O) groups excluding carboxylic acids is 3. The van der Waals surface area contributed by atoms with Gasteiger partial charge in [-0.2, -0.15) is 0 Å². The van der Waals surface area contributed by atoms with Gasteiger partial charge in [0.1, 0.15) is 17.8 Å². The van der Waals surface area contributed by atoms with E-state index in [2.05, 4.69) is 16.0 Å². The highest BCUT2D eigenvalue weighted by Gasteiger charge is 2.32. The molecule has 4 atom stereocenters. The van der Waals surface area contributed by atoms with Crippen LogP contribution in [-0.4, -0.2) is 69.8 Å². The van der Waals surface area contributed by atoms with Crippen LogP contribution in [-0.2, 0) is 25.6 Å². The predicted octanol–water partition coefficient (Wildman–Crippen LogP) is -1.53. The number of aliphatic hydroxyl groups excluding tert-OH is 1. The molecule has 0 aliphatic heterocycles. The lowest BCUT2D eigenvalue weighted by Gasteiger charge is -2.27. The lowest BCUT2D eigenvalue weighted by molar-refractivity contribution is -0.145. The van der Waals surface area contributed by atoms with Gasteiger partial charge < -0.3 is 37.0 Å². The molecule has 0 fully saturated rings. The third kappa shape index (κ3) is 8.22. The van der Waals surface area contributed by atoms with E-state index < -0.39 is 53.8 Å². The smallest absolute Gasteiger partial charge is 0.328 e. The van der Waals surface area contributed by atoms with Gasteiger partial charge in [-0.25, -0.2) is 4.79 Å². The summed E-state index contributed by atoms with van der Waals surface area (Å²) in [6.07, 6.45) is -1.29. The van der Waals surface area contributed by atoms with E-state index in [1.54, 1.807) is 26.0 Å². The summed E-state index contributed by atoms with van der Waals surface area (Å²) in [6, 6.07) is 2.29. The van der Waals surface area contributed by atoms with Gasteiger partial charge >= 0.3 is 5.97 Å². The third-order valence-corrected chi connectivity index (χ3v) is 4.51. The van der Waals surface area contributed by atoms with Gasteiger partial charge in [0, 0.05) is 6.42 Å². The number of carbonyl (C=O) groups is 4. The minimum atomic E-state index is -1.55. The number of aliphatic carboxylic acids is 1. The van der Waals surface area contributed by atoms with Gasteiger partial charge in [0.2, 0.25) is 17.7 Å². The van der Waals surface area contributed by atoms with Crippen molar-refractivity contribution in [2.24, 2.45) is 11.7 Å². The molecule has 0 aliphatic carbocycles. The van der Waals surface area contributed by atoms with Crippen molar-refractivity contribution in [2.75, 3.05) is 6.54 Å². The maximum Gasteiger partial charge on any atom is 0.328 e. The van der Waals surface area contributed by atoms with Crippen LogP contribution in [0, 0.1) is 5.92 Å². The minimum Gasteiger partial charge on any atom is -0.508 e. The Labute approximate surface area is 180 Å². The Kier molecular flexibility index (Phi) is 9.90. The molecule has 0 radical (unpaired) electrons. The molecule has 0 saturated heterocycles. The number of phenolic OH excluding ortho intramolecular Hbond substituents is 1. The number of aromatic hydroxyl groups is 1. The molecular weight excluding hydrogens is 408 g/mol. The topological polar surface area (TPSA) is 191 Å². The van der Waals surface area contributed by atoms with Crippen LogP contribution in [0.1, 0.15) is 26.3 Å². The second-order valence-corrected chi connectivity index (χ2v) is 7.49. The Morgan fingerprint density at radius 1 is 0.935 bits per heavy atom. The SMILES string of the molecule is CC(C)C(NC(=O)C(Cc1ccc(O)cc1)NC(=O)CN)C(=O)NC(C(=O)O)C(C)O. The third-order valence-electron chi connectivity index (χ3n) is 4.51. The number of phenols is 1. The van der Waals surface area contributed by atoms with E-state index in [1.165, 1.54) is 19.1 Å². The van der Waals surface area contributed by atoms with Gasteiger partial charge in [-0.15, -0.1) is 0 Å². The molecular formula is C20H30N4O7. The van der Waals surface area contributed by atoms with E-state index in [1.807, 2.05) is 0 Å². The molecule has 0 aromatic heterocycles. The molecule has 0 aliphatic rings. The van der Waals surface area contributed by atoms with Gasteiger partial charge in [0.25, 0.3) is 0 Å². The van der Waals surface area contributed by atoms with Crippen molar-refractivity contribution in [3.05, 3.63) is 29.8 Å². The molecule has 8 N–H and O–H groups in total. The lowest BCUT2D eigenvalue weighted by atomic mass is 10.00. The first-order valence-electron chi connectivity index (χ1n) is 9.75. The standard InChI is InChI=1S/C20H30N4O7/c1-10(2)16(19(29)24-17(11(3)25)20(30)31)23-18(28)14(22-15(27)9-21)8-12-4-6-13(26)7-5-12/h4-7,10-11,14,16-17,25-26H,8-9,21H2,1-3H3,(H,22,27)(H,23,28)(H,24,29)(H,30,31). The monoisotopic (exact) mass is 438 g/mol. The molecule has 0 saturated carbocycles. The van der Waals surface area contributed by atoms with Gasteiger partial charge in [-0.1, -0.05) is 26.0 Å². The Bertz CT molecular complexity index is 780. The van der Waals surface area contributed by atoms with E-state index >= 15 is 0 Å². The molecule has 11 nitrogen and oxygen atoms in total. The zero-order chi connectivity index (χ0) is 23.7. The number of rotatable bonds is 11. The predicted molar refractivity (Wildman–Crippen MR) is 111 cm³/mol. The summed E-state index contributed by atoms with van der Waals surface area (Å²) in [4.78, 5) is 48.5. The maximum atomic E-state index is 12.9. The van der Waals surface area contributed by atoms with Gasteiger partial charge in [0.05, 0.1) is 12.6 Å². The Morgan fingerprint density at radius 2 is 1.48 bits per heavy atom. The number of benzene rings is 1. The fraction of sp³-hybridized carbons (Fsp3) is 0.500. The zero-order valence-electron chi connectivity index (χ0n) is 17.7. The van der Waals surface area contributed by atoms with E-state index in [0.717, 1.165) is 0 Å². The summed E-state index contributed by atoms with van der Waals surface area (Å²) >= 11 is 0. The number of carboxylic acid groups (broad SMARTS) is 1. The second kappa shape index (κ2) is 11.9. The molecule has 0 spiro atoms. The van der Waals surface area contributed by atoms with Crippen LogP contribution in [0.5, 0.6) is 5.75 Å². The largest absolute Gasteiger partial charge is 0.508 e. The van der Waals surface area contributed by atoms with Crippen molar-refractivity contribution in [3.8, 4) is 5.75 Å². The Hall–Kier alpha value is -3.18. The second-order valence-electron chi connectivity index (χ2n) is 7.49.